The minimum absolute atomic E-state index is 0.171. The number of aliphatic hydroxyl groups excluding tert-OH is 1. The molecule has 1 rings (SSSR count). The number of hydrogen-bond donors (Lipinski definition) is 1. The molecule has 14 heavy (non-hydrogen) atoms. The van der Waals surface area contributed by atoms with E-state index in [2.05, 4.69) is 9.97 Å². The Morgan fingerprint density at radius 2 is 2.36 bits per heavy atom. The van der Waals surface area contributed by atoms with Crippen LogP contribution in [0, 0.1) is 0 Å². The molecule has 1 atom stereocenters. The summed E-state index contributed by atoms with van der Waals surface area (Å²) in [5.41, 5.74) is 0. The van der Waals surface area contributed by atoms with E-state index in [1.54, 1.807) is 12.3 Å². The molecule has 4 nitrogen and oxygen atoms in total. The third kappa shape index (κ3) is 2.82. The first kappa shape index (κ1) is 11.2. The van der Waals surface area contributed by atoms with Gasteiger partial charge in [-0.3, -0.25) is 0 Å². The molecule has 0 aliphatic rings. The normalized spacial score (nSPS) is 12.6. The van der Waals surface area contributed by atoms with Gasteiger partial charge in [-0.05, 0) is 31.0 Å². The van der Waals surface area contributed by atoms with Crippen molar-refractivity contribution in [2.24, 2.45) is 0 Å². The fraction of sp³-hybridized carbons (Fsp3) is 0.556. The molecule has 0 aliphatic heterocycles. The van der Waals surface area contributed by atoms with Crippen LogP contribution in [0.4, 0.5) is 5.82 Å². The number of aliphatic hydroxyl groups is 1. The summed E-state index contributed by atoms with van der Waals surface area (Å²) < 4.78 is 0. The zero-order valence-electron chi connectivity index (χ0n) is 8.31. The van der Waals surface area contributed by atoms with Gasteiger partial charge in [0, 0.05) is 25.9 Å². The van der Waals surface area contributed by atoms with E-state index >= 15 is 0 Å². The molecule has 0 bridgehead atoms. The highest BCUT2D eigenvalue weighted by atomic mass is 35.5. The zero-order valence-corrected chi connectivity index (χ0v) is 9.07. The van der Waals surface area contributed by atoms with Crippen LogP contribution < -0.4 is 4.90 Å². The maximum absolute atomic E-state index is 8.80. The minimum Gasteiger partial charge on any atom is -0.396 e. The van der Waals surface area contributed by atoms with E-state index in [-0.39, 0.29) is 17.9 Å². The number of anilines is 1. The average molecular weight is 216 g/mol. The Bertz CT molecular complexity index is 295. The Morgan fingerprint density at radius 1 is 1.64 bits per heavy atom. The molecule has 0 saturated carbocycles. The van der Waals surface area contributed by atoms with E-state index < -0.39 is 0 Å². The zero-order chi connectivity index (χ0) is 10.6. The van der Waals surface area contributed by atoms with Gasteiger partial charge in [0.25, 0.3) is 0 Å². The van der Waals surface area contributed by atoms with E-state index in [1.165, 1.54) is 0 Å². The van der Waals surface area contributed by atoms with Crippen molar-refractivity contribution in [1.82, 2.24) is 9.97 Å². The van der Waals surface area contributed by atoms with Crippen LogP contribution in [0.1, 0.15) is 13.3 Å². The molecule has 0 spiro atoms. The van der Waals surface area contributed by atoms with Gasteiger partial charge in [-0.15, -0.1) is 0 Å². The predicted molar refractivity (Wildman–Crippen MR) is 56.6 cm³/mol. The van der Waals surface area contributed by atoms with Crippen molar-refractivity contribution in [3.63, 3.8) is 0 Å². The molecule has 0 amide bonds. The Hall–Kier alpha value is -0.870. The lowest BCUT2D eigenvalue weighted by molar-refractivity contribution is 0.277. The smallest absolute Gasteiger partial charge is 0.224 e. The van der Waals surface area contributed by atoms with Crippen LogP contribution in [0.2, 0.25) is 5.28 Å². The highest BCUT2D eigenvalue weighted by Gasteiger charge is 2.10. The number of halogens is 1. The summed E-state index contributed by atoms with van der Waals surface area (Å²) in [4.78, 5) is 9.84. The molecule has 5 heteroatoms. The molecule has 0 fully saturated rings. The second-order valence-corrected chi connectivity index (χ2v) is 3.49. The van der Waals surface area contributed by atoms with Crippen molar-refractivity contribution in [2.45, 2.75) is 19.4 Å². The fourth-order valence-corrected chi connectivity index (χ4v) is 1.27. The number of aromatic nitrogens is 2. The number of nitrogens with zero attached hydrogens (tertiary/aromatic N) is 3. The van der Waals surface area contributed by atoms with Gasteiger partial charge in [-0.25, -0.2) is 9.97 Å². The summed E-state index contributed by atoms with van der Waals surface area (Å²) in [7, 11) is 1.92. The highest BCUT2D eigenvalue weighted by molar-refractivity contribution is 6.28. The molecule has 1 aromatic heterocycles. The minimum atomic E-state index is 0.171. The average Bonchev–Trinajstić information content (AvgIpc) is 2.17. The first-order chi connectivity index (χ1) is 6.65. The molecule has 0 aliphatic carbocycles. The Morgan fingerprint density at radius 3 is 2.93 bits per heavy atom. The van der Waals surface area contributed by atoms with Crippen molar-refractivity contribution < 1.29 is 5.11 Å². The van der Waals surface area contributed by atoms with Crippen molar-refractivity contribution >= 4 is 17.4 Å². The molecule has 0 aromatic carbocycles. The second kappa shape index (κ2) is 5.12. The number of rotatable bonds is 4. The van der Waals surface area contributed by atoms with E-state index in [0.717, 1.165) is 5.82 Å². The van der Waals surface area contributed by atoms with Crippen LogP contribution >= 0.6 is 11.6 Å². The third-order valence-corrected chi connectivity index (χ3v) is 2.36. The summed E-state index contributed by atoms with van der Waals surface area (Å²) >= 11 is 5.67. The maximum atomic E-state index is 8.80. The monoisotopic (exact) mass is 215 g/mol. The first-order valence-electron chi connectivity index (χ1n) is 4.47. The lowest BCUT2D eigenvalue weighted by Gasteiger charge is -2.25. The van der Waals surface area contributed by atoms with Crippen LogP contribution in [-0.2, 0) is 0 Å². The first-order valence-corrected chi connectivity index (χ1v) is 4.85. The van der Waals surface area contributed by atoms with Gasteiger partial charge in [0.05, 0.1) is 0 Å². The van der Waals surface area contributed by atoms with E-state index in [9.17, 15) is 0 Å². The number of hydrogen-bond acceptors (Lipinski definition) is 4. The van der Waals surface area contributed by atoms with Crippen LogP contribution in [0.25, 0.3) is 0 Å². The van der Waals surface area contributed by atoms with Crippen molar-refractivity contribution in [2.75, 3.05) is 18.6 Å². The van der Waals surface area contributed by atoms with Crippen molar-refractivity contribution in [3.8, 4) is 0 Å². The topological polar surface area (TPSA) is 49.2 Å². The molecular weight excluding hydrogens is 202 g/mol. The fourth-order valence-electron chi connectivity index (χ4n) is 1.13. The largest absolute Gasteiger partial charge is 0.396 e. The molecule has 1 aromatic rings. The van der Waals surface area contributed by atoms with Crippen molar-refractivity contribution in [1.29, 1.82) is 0 Å². The Labute approximate surface area is 88.6 Å². The molecule has 0 saturated heterocycles. The lowest BCUT2D eigenvalue weighted by atomic mass is 10.2. The predicted octanol–water partition coefficient (Wildman–Crippen LogP) is 1.34. The summed E-state index contributed by atoms with van der Waals surface area (Å²) in [6.07, 6.45) is 2.32. The van der Waals surface area contributed by atoms with Gasteiger partial charge in [-0.1, -0.05) is 0 Å². The van der Waals surface area contributed by atoms with Gasteiger partial charge in [0.15, 0.2) is 0 Å². The second-order valence-electron chi connectivity index (χ2n) is 3.16. The Kier molecular flexibility index (Phi) is 4.10. The molecule has 1 heterocycles. The van der Waals surface area contributed by atoms with Crippen molar-refractivity contribution in [3.05, 3.63) is 17.5 Å². The molecule has 78 valence electrons. The van der Waals surface area contributed by atoms with Gasteiger partial charge in [0.2, 0.25) is 5.28 Å². The quantitative estimate of drug-likeness (QED) is 0.771. The standard InChI is InChI=1S/C9H14ClN3O/c1-7(4-6-14)13(2)8-3-5-11-9(10)12-8/h3,5,7,14H,4,6H2,1-2H3. The van der Waals surface area contributed by atoms with Crippen LogP contribution in [0.5, 0.6) is 0 Å². The molecule has 1 N–H and O–H groups in total. The highest BCUT2D eigenvalue weighted by Crippen LogP contribution is 2.14. The van der Waals surface area contributed by atoms with Gasteiger partial charge in [0.1, 0.15) is 5.82 Å². The van der Waals surface area contributed by atoms with E-state index in [0.29, 0.717) is 6.42 Å². The third-order valence-electron chi connectivity index (χ3n) is 2.18. The van der Waals surface area contributed by atoms with E-state index in [4.69, 9.17) is 16.7 Å². The van der Waals surface area contributed by atoms with Crippen LogP contribution in [0.3, 0.4) is 0 Å². The van der Waals surface area contributed by atoms with E-state index in [1.807, 2.05) is 18.9 Å². The van der Waals surface area contributed by atoms with Gasteiger partial charge < -0.3 is 10.0 Å². The molecular formula is C9H14ClN3O. The molecule has 1 unspecified atom stereocenters. The summed E-state index contributed by atoms with van der Waals surface area (Å²) in [5, 5.41) is 9.04. The van der Waals surface area contributed by atoms with Gasteiger partial charge >= 0.3 is 0 Å². The lowest BCUT2D eigenvalue weighted by Crippen LogP contribution is -2.30. The SMILES string of the molecule is CC(CCO)N(C)c1ccnc(Cl)n1. The maximum Gasteiger partial charge on any atom is 0.224 e. The summed E-state index contributed by atoms with van der Waals surface area (Å²) in [5.74, 6) is 0.769. The Balaban J connectivity index is 2.73. The van der Waals surface area contributed by atoms with Gasteiger partial charge in [-0.2, -0.15) is 0 Å². The van der Waals surface area contributed by atoms with Crippen LogP contribution in [0.15, 0.2) is 12.3 Å². The summed E-state index contributed by atoms with van der Waals surface area (Å²) in [6.45, 7) is 2.19. The summed E-state index contributed by atoms with van der Waals surface area (Å²) in [6, 6.07) is 2.02. The van der Waals surface area contributed by atoms with Crippen LogP contribution in [-0.4, -0.2) is 34.8 Å². The molecule has 0 radical (unpaired) electrons.